The Hall–Kier alpha value is -1.55. The predicted molar refractivity (Wildman–Crippen MR) is 75.4 cm³/mol. The van der Waals surface area contributed by atoms with Crippen LogP contribution in [0.15, 0.2) is 18.2 Å². The first-order valence-corrected chi connectivity index (χ1v) is 6.85. The van der Waals surface area contributed by atoms with Gasteiger partial charge in [-0.15, -0.1) is 0 Å². The van der Waals surface area contributed by atoms with Gasteiger partial charge in [-0.25, -0.2) is 0 Å². The van der Waals surface area contributed by atoms with Crippen molar-refractivity contribution in [1.82, 2.24) is 10.6 Å². The highest BCUT2D eigenvalue weighted by Gasteiger charge is 2.20. The molecule has 1 aliphatic carbocycles. The van der Waals surface area contributed by atoms with Crippen LogP contribution in [0.2, 0.25) is 0 Å². The van der Waals surface area contributed by atoms with Crippen LogP contribution in [0.4, 0.5) is 0 Å². The molecule has 4 heteroatoms. The maximum Gasteiger partial charge on any atom is 0.221 e. The number of nitrogens with one attached hydrogen (secondary N) is 2. The molecule has 0 fully saturated rings. The number of amides is 1. The summed E-state index contributed by atoms with van der Waals surface area (Å²) in [6.45, 7) is 0.718. The molecule has 0 aromatic heterocycles. The molecule has 0 heterocycles. The smallest absolute Gasteiger partial charge is 0.221 e. The number of aryl methyl sites for hydroxylation is 1. The van der Waals surface area contributed by atoms with E-state index in [2.05, 4.69) is 22.8 Å². The zero-order valence-corrected chi connectivity index (χ0v) is 11.7. The Morgan fingerprint density at radius 3 is 3.05 bits per heavy atom. The molecule has 0 spiro atoms. The lowest BCUT2D eigenvalue weighted by molar-refractivity contribution is -0.120. The molecule has 0 bridgehead atoms. The van der Waals surface area contributed by atoms with E-state index < -0.39 is 0 Å². The van der Waals surface area contributed by atoms with Gasteiger partial charge in [0.15, 0.2) is 0 Å². The number of benzene rings is 1. The van der Waals surface area contributed by atoms with Crippen molar-refractivity contribution in [2.45, 2.75) is 31.7 Å². The van der Waals surface area contributed by atoms with Gasteiger partial charge in [-0.2, -0.15) is 0 Å². The summed E-state index contributed by atoms with van der Waals surface area (Å²) in [6.07, 6.45) is 3.95. The molecule has 1 unspecified atom stereocenters. The van der Waals surface area contributed by atoms with E-state index >= 15 is 0 Å². The van der Waals surface area contributed by atoms with Crippen LogP contribution in [-0.4, -0.2) is 26.6 Å². The normalized spacial score (nSPS) is 17.7. The zero-order chi connectivity index (χ0) is 13.7. The molecule has 4 nitrogen and oxygen atoms in total. The van der Waals surface area contributed by atoms with Crippen LogP contribution in [0.5, 0.6) is 5.75 Å². The van der Waals surface area contributed by atoms with Crippen molar-refractivity contribution in [3.63, 3.8) is 0 Å². The van der Waals surface area contributed by atoms with Gasteiger partial charge in [-0.1, -0.05) is 6.07 Å². The van der Waals surface area contributed by atoms with Gasteiger partial charge >= 0.3 is 0 Å². The number of carbonyl (C=O) groups is 1. The van der Waals surface area contributed by atoms with Gasteiger partial charge in [0.1, 0.15) is 5.75 Å². The molecule has 104 valence electrons. The van der Waals surface area contributed by atoms with Crippen LogP contribution < -0.4 is 15.4 Å². The molecule has 0 aliphatic heterocycles. The number of rotatable bonds is 5. The Morgan fingerprint density at radius 2 is 2.32 bits per heavy atom. The van der Waals surface area contributed by atoms with Crippen molar-refractivity contribution in [1.29, 1.82) is 0 Å². The highest BCUT2D eigenvalue weighted by molar-refractivity contribution is 5.75. The van der Waals surface area contributed by atoms with Crippen LogP contribution in [0, 0.1) is 0 Å². The quantitative estimate of drug-likeness (QED) is 0.850. The van der Waals surface area contributed by atoms with Crippen molar-refractivity contribution in [2.24, 2.45) is 0 Å². The second-order valence-electron chi connectivity index (χ2n) is 4.89. The van der Waals surface area contributed by atoms with Gasteiger partial charge in [-0.05, 0) is 42.5 Å². The molecule has 0 saturated carbocycles. The summed E-state index contributed by atoms with van der Waals surface area (Å²) in [6, 6.07) is 6.64. The van der Waals surface area contributed by atoms with Gasteiger partial charge in [0.2, 0.25) is 5.91 Å². The zero-order valence-electron chi connectivity index (χ0n) is 11.7. The van der Waals surface area contributed by atoms with E-state index in [-0.39, 0.29) is 5.91 Å². The monoisotopic (exact) mass is 262 g/mol. The van der Waals surface area contributed by atoms with Crippen molar-refractivity contribution in [3.05, 3.63) is 29.3 Å². The maximum absolute atomic E-state index is 11.2. The summed E-state index contributed by atoms with van der Waals surface area (Å²) in [4.78, 5) is 11.2. The van der Waals surface area contributed by atoms with E-state index in [4.69, 9.17) is 4.74 Å². The van der Waals surface area contributed by atoms with Crippen LogP contribution in [0.3, 0.4) is 0 Å². The van der Waals surface area contributed by atoms with Crippen molar-refractivity contribution in [2.75, 3.05) is 20.7 Å². The Labute approximate surface area is 114 Å². The predicted octanol–water partition coefficient (Wildman–Crippen LogP) is 1.80. The summed E-state index contributed by atoms with van der Waals surface area (Å²) in [5.74, 6) is 1.00. The number of fused-ring (bicyclic) bond motifs is 1. The Morgan fingerprint density at radius 1 is 1.47 bits per heavy atom. The SMILES string of the molecule is CNC(=O)CCNC1CCCc2cc(OC)ccc21. The van der Waals surface area contributed by atoms with Crippen LogP contribution >= 0.6 is 0 Å². The van der Waals surface area contributed by atoms with Crippen LogP contribution in [0.1, 0.15) is 36.4 Å². The molecule has 2 N–H and O–H groups in total. The Bertz CT molecular complexity index is 446. The first-order valence-electron chi connectivity index (χ1n) is 6.85. The summed E-state index contributed by atoms with van der Waals surface area (Å²) >= 11 is 0. The average molecular weight is 262 g/mol. The summed E-state index contributed by atoms with van der Waals surface area (Å²) in [5.41, 5.74) is 2.71. The maximum atomic E-state index is 11.2. The molecule has 1 amide bonds. The minimum Gasteiger partial charge on any atom is -0.497 e. The minimum atomic E-state index is 0.0817. The third kappa shape index (κ3) is 3.47. The lowest BCUT2D eigenvalue weighted by Gasteiger charge is -2.26. The van der Waals surface area contributed by atoms with E-state index in [9.17, 15) is 4.79 Å². The third-order valence-corrected chi connectivity index (χ3v) is 3.69. The van der Waals surface area contributed by atoms with E-state index in [0.717, 1.165) is 25.1 Å². The molecule has 1 atom stereocenters. The van der Waals surface area contributed by atoms with Gasteiger partial charge in [0, 0.05) is 26.1 Å². The highest BCUT2D eigenvalue weighted by atomic mass is 16.5. The standard InChI is InChI=1S/C15H22N2O2/c1-16-15(18)8-9-17-14-5-3-4-11-10-12(19-2)6-7-13(11)14/h6-7,10,14,17H,3-5,8-9H2,1-2H3,(H,16,18). The summed E-state index contributed by atoms with van der Waals surface area (Å²) in [5, 5.41) is 6.12. The molecule has 1 aromatic rings. The summed E-state index contributed by atoms with van der Waals surface area (Å²) in [7, 11) is 3.37. The molecule has 2 rings (SSSR count). The first-order chi connectivity index (χ1) is 9.24. The lowest BCUT2D eigenvalue weighted by atomic mass is 9.87. The lowest BCUT2D eigenvalue weighted by Crippen LogP contribution is -2.29. The highest BCUT2D eigenvalue weighted by Crippen LogP contribution is 2.31. The molecule has 1 aliphatic rings. The number of hydrogen-bond acceptors (Lipinski definition) is 3. The molecule has 1 aromatic carbocycles. The third-order valence-electron chi connectivity index (χ3n) is 3.69. The fourth-order valence-corrected chi connectivity index (χ4v) is 2.61. The van der Waals surface area contributed by atoms with Crippen LogP contribution in [-0.2, 0) is 11.2 Å². The minimum absolute atomic E-state index is 0.0817. The number of carbonyl (C=O) groups excluding carboxylic acids is 1. The molecular formula is C15H22N2O2. The molecular weight excluding hydrogens is 240 g/mol. The molecule has 0 saturated heterocycles. The molecule has 19 heavy (non-hydrogen) atoms. The summed E-state index contributed by atoms with van der Waals surface area (Å²) < 4.78 is 5.27. The van der Waals surface area contributed by atoms with E-state index in [1.54, 1.807) is 14.2 Å². The van der Waals surface area contributed by atoms with Gasteiger partial charge in [0.25, 0.3) is 0 Å². The second-order valence-corrected chi connectivity index (χ2v) is 4.89. The molecule has 0 radical (unpaired) electrons. The van der Waals surface area contributed by atoms with Gasteiger partial charge < -0.3 is 15.4 Å². The topological polar surface area (TPSA) is 50.4 Å². The Balaban J connectivity index is 1.99. The fraction of sp³-hybridized carbons (Fsp3) is 0.533. The van der Waals surface area contributed by atoms with Crippen LogP contribution in [0.25, 0.3) is 0 Å². The largest absolute Gasteiger partial charge is 0.497 e. The number of ether oxygens (including phenoxy) is 1. The second kappa shape index (κ2) is 6.57. The van der Waals surface area contributed by atoms with Gasteiger partial charge in [-0.3, -0.25) is 4.79 Å². The van der Waals surface area contributed by atoms with E-state index in [1.807, 2.05) is 6.07 Å². The van der Waals surface area contributed by atoms with E-state index in [1.165, 1.54) is 17.5 Å². The fourth-order valence-electron chi connectivity index (χ4n) is 2.61. The number of hydrogen-bond donors (Lipinski definition) is 2. The average Bonchev–Trinajstić information content (AvgIpc) is 2.46. The van der Waals surface area contributed by atoms with E-state index in [0.29, 0.717) is 12.5 Å². The first kappa shape index (κ1) is 13.9. The van der Waals surface area contributed by atoms with Crippen molar-refractivity contribution in [3.8, 4) is 5.75 Å². The van der Waals surface area contributed by atoms with Gasteiger partial charge in [0.05, 0.1) is 7.11 Å². The number of methoxy groups -OCH3 is 1. The van der Waals surface area contributed by atoms with Crippen molar-refractivity contribution >= 4 is 5.91 Å². The van der Waals surface area contributed by atoms with Crippen molar-refractivity contribution < 1.29 is 9.53 Å². The Kier molecular flexibility index (Phi) is 4.80.